The minimum atomic E-state index is -0.343. The molecule has 26 heavy (non-hydrogen) atoms. The highest BCUT2D eigenvalue weighted by atomic mass is 35.5. The molecule has 0 fully saturated rings. The van der Waals surface area contributed by atoms with Crippen molar-refractivity contribution >= 4 is 34.8 Å². The van der Waals surface area contributed by atoms with Crippen LogP contribution < -0.4 is 15.4 Å². The molecule has 2 aromatic carbocycles. The number of aromatic nitrogens is 2. The predicted octanol–water partition coefficient (Wildman–Crippen LogP) is 4.52. The summed E-state index contributed by atoms with van der Waals surface area (Å²) >= 11 is 5.92. The number of carbonyl (C=O) groups excluding carboxylic acids is 1. The Balaban J connectivity index is 1.70. The van der Waals surface area contributed by atoms with Crippen molar-refractivity contribution < 1.29 is 9.53 Å². The van der Waals surface area contributed by atoms with Gasteiger partial charge in [0.1, 0.15) is 11.4 Å². The molecule has 0 aliphatic heterocycles. The third-order valence-electron chi connectivity index (χ3n) is 3.39. The van der Waals surface area contributed by atoms with E-state index in [-0.39, 0.29) is 11.6 Å². The summed E-state index contributed by atoms with van der Waals surface area (Å²) in [5.74, 6) is 0.769. The molecule has 3 aromatic rings. The minimum absolute atomic E-state index is 0.244. The molecule has 0 atom stereocenters. The molecule has 7 heteroatoms. The van der Waals surface area contributed by atoms with Crippen molar-refractivity contribution in [2.75, 3.05) is 17.2 Å². The molecule has 0 saturated heterocycles. The van der Waals surface area contributed by atoms with Crippen molar-refractivity contribution in [2.45, 2.75) is 6.92 Å². The fourth-order valence-corrected chi connectivity index (χ4v) is 2.43. The van der Waals surface area contributed by atoms with Gasteiger partial charge in [-0.1, -0.05) is 17.7 Å². The highest BCUT2D eigenvalue weighted by Gasteiger charge is 2.10. The molecule has 132 valence electrons. The molecule has 1 amide bonds. The van der Waals surface area contributed by atoms with Crippen LogP contribution in [0.25, 0.3) is 0 Å². The third kappa shape index (κ3) is 4.70. The molecular formula is C19H17ClN4O2. The van der Waals surface area contributed by atoms with Gasteiger partial charge in [0.25, 0.3) is 5.91 Å². The molecule has 0 aliphatic rings. The van der Waals surface area contributed by atoms with E-state index in [2.05, 4.69) is 20.6 Å². The topological polar surface area (TPSA) is 76.1 Å². The van der Waals surface area contributed by atoms with E-state index in [1.165, 1.54) is 6.20 Å². The summed E-state index contributed by atoms with van der Waals surface area (Å²) < 4.78 is 5.41. The predicted molar refractivity (Wildman–Crippen MR) is 102 cm³/mol. The van der Waals surface area contributed by atoms with Crippen LogP contribution in [0.15, 0.2) is 60.8 Å². The summed E-state index contributed by atoms with van der Waals surface area (Å²) in [5, 5.41) is 6.36. The smallest absolute Gasteiger partial charge is 0.274 e. The number of benzene rings is 2. The van der Waals surface area contributed by atoms with Crippen LogP contribution in [0.5, 0.6) is 5.75 Å². The van der Waals surface area contributed by atoms with E-state index in [9.17, 15) is 4.79 Å². The Kier molecular flexibility index (Phi) is 5.66. The first kappa shape index (κ1) is 17.7. The van der Waals surface area contributed by atoms with E-state index in [4.69, 9.17) is 16.3 Å². The second-order valence-electron chi connectivity index (χ2n) is 5.31. The van der Waals surface area contributed by atoms with Gasteiger partial charge in [0.05, 0.1) is 6.61 Å². The fourth-order valence-electron chi connectivity index (χ4n) is 2.24. The second kappa shape index (κ2) is 8.31. The van der Waals surface area contributed by atoms with Gasteiger partial charge in [-0.05, 0) is 55.5 Å². The van der Waals surface area contributed by atoms with Gasteiger partial charge in [0.2, 0.25) is 5.95 Å². The Hall–Kier alpha value is -3.12. The van der Waals surface area contributed by atoms with E-state index >= 15 is 0 Å². The van der Waals surface area contributed by atoms with E-state index in [1.54, 1.807) is 30.3 Å². The summed E-state index contributed by atoms with van der Waals surface area (Å²) in [4.78, 5) is 20.7. The zero-order valence-electron chi connectivity index (χ0n) is 14.1. The van der Waals surface area contributed by atoms with Crippen molar-refractivity contribution in [3.05, 3.63) is 71.5 Å². The van der Waals surface area contributed by atoms with Crippen molar-refractivity contribution in [1.82, 2.24) is 9.97 Å². The van der Waals surface area contributed by atoms with Gasteiger partial charge in [0, 0.05) is 22.6 Å². The van der Waals surface area contributed by atoms with Crippen LogP contribution in [0.2, 0.25) is 5.02 Å². The molecular weight excluding hydrogens is 352 g/mol. The quantitative estimate of drug-likeness (QED) is 0.668. The van der Waals surface area contributed by atoms with E-state index in [1.807, 2.05) is 31.2 Å². The van der Waals surface area contributed by atoms with Crippen molar-refractivity contribution in [2.24, 2.45) is 0 Å². The standard InChI is InChI=1S/C19H17ClN4O2/c1-2-26-16-8-6-14(7-9-16)23-19-21-11-10-17(24-19)18(25)22-15-5-3-4-13(20)12-15/h3-12H,2H2,1H3,(H,22,25)(H,21,23,24). The molecule has 3 rings (SSSR count). The van der Waals surface area contributed by atoms with Crippen molar-refractivity contribution in [1.29, 1.82) is 0 Å². The van der Waals surface area contributed by atoms with E-state index in [0.717, 1.165) is 11.4 Å². The lowest BCUT2D eigenvalue weighted by Crippen LogP contribution is -2.14. The lowest BCUT2D eigenvalue weighted by atomic mass is 10.3. The van der Waals surface area contributed by atoms with Crippen LogP contribution in [0, 0.1) is 0 Å². The molecule has 1 heterocycles. The van der Waals surface area contributed by atoms with Crippen molar-refractivity contribution in [3.63, 3.8) is 0 Å². The number of halogens is 1. The summed E-state index contributed by atoms with van der Waals surface area (Å²) in [6.07, 6.45) is 1.52. The van der Waals surface area contributed by atoms with Gasteiger partial charge in [-0.25, -0.2) is 9.97 Å². The molecule has 0 radical (unpaired) electrons. The van der Waals surface area contributed by atoms with Gasteiger partial charge >= 0.3 is 0 Å². The van der Waals surface area contributed by atoms with E-state index < -0.39 is 0 Å². The Morgan fingerprint density at radius 2 is 1.92 bits per heavy atom. The van der Waals surface area contributed by atoms with Crippen LogP contribution in [-0.4, -0.2) is 22.5 Å². The first-order chi connectivity index (χ1) is 12.6. The van der Waals surface area contributed by atoms with Gasteiger partial charge in [-0.3, -0.25) is 4.79 Å². The lowest BCUT2D eigenvalue weighted by Gasteiger charge is -2.08. The van der Waals surface area contributed by atoms with Crippen molar-refractivity contribution in [3.8, 4) is 5.75 Å². The average molecular weight is 369 g/mol. The SMILES string of the molecule is CCOc1ccc(Nc2nccc(C(=O)Nc3cccc(Cl)c3)n2)cc1. The van der Waals surface area contributed by atoms with Gasteiger partial charge in [-0.2, -0.15) is 0 Å². The maximum absolute atomic E-state index is 12.4. The number of ether oxygens (including phenoxy) is 1. The summed E-state index contributed by atoms with van der Waals surface area (Å²) in [5.41, 5.74) is 1.64. The maximum Gasteiger partial charge on any atom is 0.274 e. The zero-order valence-corrected chi connectivity index (χ0v) is 14.8. The number of anilines is 3. The molecule has 0 saturated carbocycles. The second-order valence-corrected chi connectivity index (χ2v) is 5.75. The largest absolute Gasteiger partial charge is 0.494 e. The number of nitrogens with zero attached hydrogens (tertiary/aromatic N) is 2. The monoisotopic (exact) mass is 368 g/mol. The summed E-state index contributed by atoms with van der Waals surface area (Å²) in [7, 11) is 0. The van der Waals surface area contributed by atoms with Crippen LogP contribution in [-0.2, 0) is 0 Å². The Morgan fingerprint density at radius 3 is 2.65 bits per heavy atom. The van der Waals surface area contributed by atoms with Crippen LogP contribution in [0.4, 0.5) is 17.3 Å². The Morgan fingerprint density at radius 1 is 1.12 bits per heavy atom. The number of hydrogen-bond donors (Lipinski definition) is 2. The van der Waals surface area contributed by atoms with E-state index in [0.29, 0.717) is 23.3 Å². The molecule has 0 bridgehead atoms. The number of carbonyl (C=O) groups is 1. The summed E-state index contributed by atoms with van der Waals surface area (Å²) in [6.45, 7) is 2.54. The Bertz CT molecular complexity index is 900. The lowest BCUT2D eigenvalue weighted by molar-refractivity contribution is 0.102. The zero-order chi connectivity index (χ0) is 18.4. The van der Waals surface area contributed by atoms with Gasteiger partial charge < -0.3 is 15.4 Å². The minimum Gasteiger partial charge on any atom is -0.494 e. The Labute approximate surface area is 156 Å². The fraction of sp³-hybridized carbons (Fsp3) is 0.105. The van der Waals surface area contributed by atoms with Gasteiger partial charge in [0.15, 0.2) is 0 Å². The molecule has 0 spiro atoms. The molecule has 2 N–H and O–H groups in total. The summed E-state index contributed by atoms with van der Waals surface area (Å²) in [6, 6.07) is 15.9. The van der Waals surface area contributed by atoms with Crippen LogP contribution in [0.3, 0.4) is 0 Å². The van der Waals surface area contributed by atoms with Gasteiger partial charge in [-0.15, -0.1) is 0 Å². The average Bonchev–Trinajstić information content (AvgIpc) is 2.64. The number of rotatable bonds is 6. The van der Waals surface area contributed by atoms with Crippen LogP contribution >= 0.6 is 11.6 Å². The molecule has 1 aromatic heterocycles. The first-order valence-corrected chi connectivity index (χ1v) is 8.41. The molecule has 0 aliphatic carbocycles. The number of amides is 1. The molecule has 6 nitrogen and oxygen atoms in total. The number of nitrogens with one attached hydrogen (secondary N) is 2. The first-order valence-electron chi connectivity index (χ1n) is 8.04. The maximum atomic E-state index is 12.4. The number of hydrogen-bond acceptors (Lipinski definition) is 5. The highest BCUT2D eigenvalue weighted by Crippen LogP contribution is 2.19. The normalized spacial score (nSPS) is 10.2. The van der Waals surface area contributed by atoms with Crippen LogP contribution in [0.1, 0.15) is 17.4 Å². The molecule has 0 unspecified atom stereocenters. The highest BCUT2D eigenvalue weighted by molar-refractivity contribution is 6.30. The third-order valence-corrected chi connectivity index (χ3v) is 3.63.